The van der Waals surface area contributed by atoms with Crippen LogP contribution >= 0.6 is 0 Å². The summed E-state index contributed by atoms with van der Waals surface area (Å²) in [6.45, 7) is 5.54. The molecule has 0 aliphatic carbocycles. The quantitative estimate of drug-likeness (QED) is 0.767. The van der Waals surface area contributed by atoms with Crippen molar-refractivity contribution < 1.29 is 4.79 Å². The molecule has 0 aromatic carbocycles. The zero-order valence-corrected chi connectivity index (χ0v) is 10.8. The van der Waals surface area contributed by atoms with Crippen LogP contribution in [0.25, 0.3) is 0 Å². The minimum atomic E-state index is 0.0403. The van der Waals surface area contributed by atoms with Gasteiger partial charge >= 0.3 is 0 Å². The molecule has 5 heteroatoms. The van der Waals surface area contributed by atoms with Crippen molar-refractivity contribution in [2.45, 2.75) is 32.7 Å². The van der Waals surface area contributed by atoms with Crippen LogP contribution in [0.5, 0.6) is 0 Å². The number of aromatic nitrogens is 2. The first-order valence-corrected chi connectivity index (χ1v) is 6.00. The lowest BCUT2D eigenvalue weighted by Gasteiger charge is -2.20. The molecule has 1 aromatic rings. The van der Waals surface area contributed by atoms with E-state index >= 15 is 0 Å². The standard InChI is InChI=1S/C12H22N4O/c1-9(2)10(6-13)11-7-15-8-16(11)5-4-12(17)14-3/h7-10H,4-6,13H2,1-3H3,(H,14,17). The summed E-state index contributed by atoms with van der Waals surface area (Å²) in [5.41, 5.74) is 6.91. The van der Waals surface area contributed by atoms with Gasteiger partial charge in [-0.25, -0.2) is 4.98 Å². The highest BCUT2D eigenvalue weighted by molar-refractivity contribution is 5.75. The number of carbonyl (C=O) groups is 1. The van der Waals surface area contributed by atoms with Gasteiger partial charge in [0.15, 0.2) is 0 Å². The number of rotatable bonds is 6. The second-order valence-electron chi connectivity index (χ2n) is 4.52. The average molecular weight is 238 g/mol. The molecule has 1 rings (SSSR count). The predicted molar refractivity (Wildman–Crippen MR) is 67.5 cm³/mol. The molecule has 1 atom stereocenters. The monoisotopic (exact) mass is 238 g/mol. The number of nitrogens with one attached hydrogen (secondary N) is 1. The van der Waals surface area contributed by atoms with Crippen molar-refractivity contribution in [3.8, 4) is 0 Å². The zero-order chi connectivity index (χ0) is 12.8. The Morgan fingerprint density at radius 3 is 2.82 bits per heavy atom. The van der Waals surface area contributed by atoms with E-state index in [4.69, 9.17) is 5.73 Å². The molecule has 1 amide bonds. The SMILES string of the molecule is CNC(=O)CCn1cncc1C(CN)C(C)C. The van der Waals surface area contributed by atoms with E-state index in [1.165, 1.54) is 0 Å². The van der Waals surface area contributed by atoms with Crippen LogP contribution in [-0.2, 0) is 11.3 Å². The molecular formula is C12H22N4O. The number of nitrogens with two attached hydrogens (primary N) is 1. The van der Waals surface area contributed by atoms with Gasteiger partial charge in [-0.3, -0.25) is 4.79 Å². The molecule has 0 fully saturated rings. The molecule has 0 spiro atoms. The highest BCUT2D eigenvalue weighted by Gasteiger charge is 2.18. The van der Waals surface area contributed by atoms with Crippen molar-refractivity contribution in [1.29, 1.82) is 0 Å². The summed E-state index contributed by atoms with van der Waals surface area (Å²) in [6, 6.07) is 0. The van der Waals surface area contributed by atoms with Crippen LogP contribution in [0, 0.1) is 5.92 Å². The maximum atomic E-state index is 11.2. The Bertz CT molecular complexity index is 359. The Balaban J connectivity index is 2.74. The second kappa shape index (κ2) is 6.39. The predicted octanol–water partition coefficient (Wildman–Crippen LogP) is 0.718. The first-order chi connectivity index (χ1) is 8.10. The normalized spacial score (nSPS) is 12.8. The molecule has 0 bridgehead atoms. The highest BCUT2D eigenvalue weighted by atomic mass is 16.1. The van der Waals surface area contributed by atoms with E-state index in [2.05, 4.69) is 24.1 Å². The Hall–Kier alpha value is -1.36. The van der Waals surface area contributed by atoms with Crippen molar-refractivity contribution in [2.24, 2.45) is 11.7 Å². The van der Waals surface area contributed by atoms with E-state index in [0.717, 1.165) is 5.69 Å². The Labute approximate surface area is 102 Å². The lowest BCUT2D eigenvalue weighted by molar-refractivity contribution is -0.120. The molecule has 17 heavy (non-hydrogen) atoms. The molecule has 1 unspecified atom stereocenters. The van der Waals surface area contributed by atoms with Crippen LogP contribution in [0.2, 0.25) is 0 Å². The largest absolute Gasteiger partial charge is 0.359 e. The Kier molecular flexibility index (Phi) is 5.15. The lowest BCUT2D eigenvalue weighted by Crippen LogP contribution is -2.23. The third-order valence-electron chi connectivity index (χ3n) is 3.04. The van der Waals surface area contributed by atoms with E-state index in [-0.39, 0.29) is 5.91 Å². The third kappa shape index (κ3) is 3.56. The minimum Gasteiger partial charge on any atom is -0.359 e. The molecule has 0 saturated carbocycles. The fourth-order valence-corrected chi connectivity index (χ4v) is 1.91. The number of hydrogen-bond acceptors (Lipinski definition) is 3. The van der Waals surface area contributed by atoms with Crippen LogP contribution in [-0.4, -0.2) is 29.1 Å². The molecule has 5 nitrogen and oxygen atoms in total. The fourth-order valence-electron chi connectivity index (χ4n) is 1.91. The van der Waals surface area contributed by atoms with Crippen molar-refractivity contribution in [2.75, 3.05) is 13.6 Å². The van der Waals surface area contributed by atoms with E-state index in [9.17, 15) is 4.79 Å². The van der Waals surface area contributed by atoms with Gasteiger partial charge in [-0.1, -0.05) is 13.8 Å². The summed E-state index contributed by atoms with van der Waals surface area (Å²) in [7, 11) is 1.65. The van der Waals surface area contributed by atoms with Gasteiger partial charge in [0.25, 0.3) is 0 Å². The highest BCUT2D eigenvalue weighted by Crippen LogP contribution is 2.22. The zero-order valence-electron chi connectivity index (χ0n) is 10.8. The molecule has 3 N–H and O–H groups in total. The van der Waals surface area contributed by atoms with Gasteiger partial charge in [0.2, 0.25) is 5.91 Å². The van der Waals surface area contributed by atoms with Crippen molar-refractivity contribution >= 4 is 5.91 Å². The number of hydrogen-bond donors (Lipinski definition) is 2. The average Bonchev–Trinajstić information content (AvgIpc) is 2.74. The lowest BCUT2D eigenvalue weighted by atomic mass is 9.93. The van der Waals surface area contributed by atoms with Crippen molar-refractivity contribution in [1.82, 2.24) is 14.9 Å². The van der Waals surface area contributed by atoms with Crippen molar-refractivity contribution in [3.05, 3.63) is 18.2 Å². The van der Waals surface area contributed by atoms with Gasteiger partial charge in [0.05, 0.1) is 6.33 Å². The van der Waals surface area contributed by atoms with Crippen LogP contribution in [0.3, 0.4) is 0 Å². The number of carbonyl (C=O) groups excluding carboxylic acids is 1. The summed E-state index contributed by atoms with van der Waals surface area (Å²) >= 11 is 0. The molecule has 0 saturated heterocycles. The van der Waals surface area contributed by atoms with Gasteiger partial charge in [-0.15, -0.1) is 0 Å². The first kappa shape index (κ1) is 13.7. The molecule has 1 aromatic heterocycles. The summed E-state index contributed by atoms with van der Waals surface area (Å²) in [5.74, 6) is 0.802. The minimum absolute atomic E-state index is 0.0403. The molecular weight excluding hydrogens is 216 g/mol. The maximum absolute atomic E-state index is 11.2. The van der Waals surface area contributed by atoms with Crippen LogP contribution in [0.1, 0.15) is 31.9 Å². The summed E-state index contributed by atoms with van der Waals surface area (Å²) < 4.78 is 2.02. The Morgan fingerprint density at radius 1 is 1.59 bits per heavy atom. The summed E-state index contributed by atoms with van der Waals surface area (Å²) in [5, 5.41) is 2.62. The molecule has 0 aliphatic heterocycles. The van der Waals surface area contributed by atoms with Gasteiger partial charge in [-0.05, 0) is 5.92 Å². The van der Waals surface area contributed by atoms with Crippen LogP contribution in [0.4, 0.5) is 0 Å². The summed E-state index contributed by atoms with van der Waals surface area (Å²) in [6.07, 6.45) is 4.08. The van der Waals surface area contributed by atoms with Gasteiger partial charge < -0.3 is 15.6 Å². The molecule has 96 valence electrons. The Morgan fingerprint density at radius 2 is 2.29 bits per heavy atom. The molecule has 0 radical (unpaired) electrons. The van der Waals surface area contributed by atoms with Crippen molar-refractivity contribution in [3.63, 3.8) is 0 Å². The van der Waals surface area contributed by atoms with E-state index < -0.39 is 0 Å². The number of nitrogens with zero attached hydrogens (tertiary/aromatic N) is 2. The van der Waals surface area contributed by atoms with E-state index in [1.54, 1.807) is 13.4 Å². The van der Waals surface area contributed by atoms with Crippen LogP contribution < -0.4 is 11.1 Å². The smallest absolute Gasteiger partial charge is 0.221 e. The molecule has 1 heterocycles. The molecule has 0 aliphatic rings. The van der Waals surface area contributed by atoms with Crippen LogP contribution in [0.15, 0.2) is 12.5 Å². The maximum Gasteiger partial charge on any atom is 0.221 e. The topological polar surface area (TPSA) is 72.9 Å². The van der Waals surface area contributed by atoms with Gasteiger partial charge in [0.1, 0.15) is 0 Å². The first-order valence-electron chi connectivity index (χ1n) is 6.00. The second-order valence-corrected chi connectivity index (χ2v) is 4.52. The number of aryl methyl sites for hydroxylation is 1. The third-order valence-corrected chi connectivity index (χ3v) is 3.04. The van der Waals surface area contributed by atoms with E-state index in [0.29, 0.717) is 31.3 Å². The van der Waals surface area contributed by atoms with E-state index in [1.807, 2.05) is 10.8 Å². The van der Waals surface area contributed by atoms with Gasteiger partial charge in [0, 0.05) is 44.4 Å². The number of amides is 1. The number of imidazole rings is 1. The van der Waals surface area contributed by atoms with Gasteiger partial charge in [-0.2, -0.15) is 0 Å². The summed E-state index contributed by atoms with van der Waals surface area (Å²) in [4.78, 5) is 15.4. The fraction of sp³-hybridized carbons (Fsp3) is 0.667.